The predicted octanol–water partition coefficient (Wildman–Crippen LogP) is 5.14. The molecule has 3 aromatic carbocycles. The molecule has 4 rings (SSSR count). The van der Waals surface area contributed by atoms with E-state index < -0.39 is 5.97 Å². The Kier molecular flexibility index (Phi) is 7.92. The van der Waals surface area contributed by atoms with Gasteiger partial charge in [-0.15, -0.1) is 12.6 Å². The molecule has 0 aliphatic carbocycles. The summed E-state index contributed by atoms with van der Waals surface area (Å²) < 4.78 is 19.6. The second-order valence-corrected chi connectivity index (χ2v) is 7.74. The highest BCUT2D eigenvalue weighted by Gasteiger charge is 2.11. The molecule has 166 valence electrons. The molecule has 32 heavy (non-hydrogen) atoms. The van der Waals surface area contributed by atoms with Crippen molar-refractivity contribution in [3.8, 4) is 16.9 Å². The average molecular weight is 453 g/mol. The fourth-order valence-corrected chi connectivity index (χ4v) is 3.40. The van der Waals surface area contributed by atoms with Crippen molar-refractivity contribution in [3.05, 3.63) is 84.3 Å². The molecule has 0 spiro atoms. The first-order chi connectivity index (χ1) is 15.4. The molecule has 0 bridgehead atoms. The highest BCUT2D eigenvalue weighted by atomic mass is 32.1. The molecule has 2 N–H and O–H groups in total. The summed E-state index contributed by atoms with van der Waals surface area (Å²) in [4.78, 5) is 11.6. The average Bonchev–Trinajstić information content (AvgIpc) is 3.15. The number of nitrogens with one attached hydrogen (secondary N) is 1. The number of hydrogen-bond acceptors (Lipinski definition) is 4. The number of carboxylic acids is 1. The van der Waals surface area contributed by atoms with E-state index in [1.165, 1.54) is 17.5 Å². The molecule has 0 radical (unpaired) electrons. The molecular formula is C25H25FN2O3S. The number of hydrogen-bond donors (Lipinski definition) is 3. The minimum absolute atomic E-state index is 0.220. The van der Waals surface area contributed by atoms with Gasteiger partial charge in [0.25, 0.3) is 0 Å². The van der Waals surface area contributed by atoms with Crippen LogP contribution in [0.5, 0.6) is 5.75 Å². The lowest BCUT2D eigenvalue weighted by Crippen LogP contribution is -2.10. The van der Waals surface area contributed by atoms with Crippen molar-refractivity contribution < 1.29 is 19.0 Å². The zero-order valence-corrected chi connectivity index (χ0v) is 18.8. The summed E-state index contributed by atoms with van der Waals surface area (Å²) in [6, 6.07) is 20.1. The number of aryl methyl sites for hydroxylation is 1. The number of fused-ring (bicyclic) bond motifs is 1. The monoisotopic (exact) mass is 452 g/mol. The summed E-state index contributed by atoms with van der Waals surface area (Å²) in [5.41, 5.74) is 4.13. The van der Waals surface area contributed by atoms with Crippen molar-refractivity contribution >= 4 is 29.5 Å². The summed E-state index contributed by atoms with van der Waals surface area (Å²) >= 11 is 3.97. The van der Waals surface area contributed by atoms with Crippen LogP contribution in [0.15, 0.2) is 77.8 Å². The summed E-state index contributed by atoms with van der Waals surface area (Å²) in [6.07, 6.45) is 2.02. The lowest BCUT2D eigenvalue weighted by Gasteiger charge is -2.13. The third-order valence-electron chi connectivity index (χ3n) is 4.80. The smallest absolute Gasteiger partial charge is 0.341 e. The molecule has 0 fully saturated rings. The van der Waals surface area contributed by atoms with Crippen LogP contribution in [0, 0.1) is 5.82 Å². The molecule has 0 aliphatic heterocycles. The van der Waals surface area contributed by atoms with Crippen LogP contribution in [0.3, 0.4) is 0 Å². The SMILES string of the molecule is CNCc1ccc(OCC(=O)O)c(-c2ccc3ccn(C)c3c2)c1.Fc1ccc(S)cc1. The number of carboxylic acid groups (broad SMARTS) is 1. The zero-order valence-electron chi connectivity index (χ0n) is 17.9. The number of rotatable bonds is 6. The molecule has 4 aromatic rings. The number of thiol groups is 1. The quantitative estimate of drug-likeness (QED) is 0.355. The van der Waals surface area contributed by atoms with Crippen molar-refractivity contribution in [2.24, 2.45) is 7.05 Å². The van der Waals surface area contributed by atoms with Gasteiger partial charge in [-0.1, -0.05) is 18.2 Å². The number of nitrogens with zero attached hydrogens (tertiary/aromatic N) is 1. The fraction of sp³-hybridized carbons (Fsp3) is 0.160. The molecule has 0 atom stereocenters. The first-order valence-corrected chi connectivity index (χ1v) is 10.4. The van der Waals surface area contributed by atoms with Gasteiger partial charge in [0, 0.05) is 35.8 Å². The number of aromatic nitrogens is 1. The molecule has 5 nitrogen and oxygen atoms in total. The van der Waals surface area contributed by atoms with Crippen LogP contribution in [-0.2, 0) is 18.4 Å². The van der Waals surface area contributed by atoms with Crippen LogP contribution in [0.25, 0.3) is 22.0 Å². The number of benzene rings is 3. The lowest BCUT2D eigenvalue weighted by molar-refractivity contribution is -0.139. The molecule has 7 heteroatoms. The summed E-state index contributed by atoms with van der Waals surface area (Å²) in [6.45, 7) is 0.378. The van der Waals surface area contributed by atoms with E-state index in [1.807, 2.05) is 44.6 Å². The van der Waals surface area contributed by atoms with Crippen molar-refractivity contribution in [2.75, 3.05) is 13.7 Å². The maximum absolute atomic E-state index is 12.1. The summed E-state index contributed by atoms with van der Waals surface area (Å²) in [7, 11) is 3.90. The van der Waals surface area contributed by atoms with Crippen LogP contribution in [0.2, 0.25) is 0 Å². The van der Waals surface area contributed by atoms with Crippen molar-refractivity contribution in [1.29, 1.82) is 0 Å². The molecule has 0 aliphatic rings. The predicted molar refractivity (Wildman–Crippen MR) is 128 cm³/mol. The Morgan fingerprint density at radius 3 is 2.50 bits per heavy atom. The van der Waals surface area contributed by atoms with Crippen molar-refractivity contribution in [1.82, 2.24) is 9.88 Å². The molecule has 0 saturated carbocycles. The van der Waals surface area contributed by atoms with Gasteiger partial charge in [-0.25, -0.2) is 9.18 Å². The van der Waals surface area contributed by atoms with E-state index in [0.717, 1.165) is 33.6 Å². The van der Waals surface area contributed by atoms with Crippen LogP contribution in [-0.4, -0.2) is 29.3 Å². The highest BCUT2D eigenvalue weighted by Crippen LogP contribution is 2.33. The van der Waals surface area contributed by atoms with Gasteiger partial charge in [-0.2, -0.15) is 0 Å². The van der Waals surface area contributed by atoms with Gasteiger partial charge in [0.15, 0.2) is 6.61 Å². The Bertz CT molecular complexity index is 1180. The van der Waals surface area contributed by atoms with Gasteiger partial charge in [0.1, 0.15) is 11.6 Å². The Morgan fingerprint density at radius 2 is 1.84 bits per heavy atom. The van der Waals surface area contributed by atoms with E-state index in [-0.39, 0.29) is 12.4 Å². The molecular weight excluding hydrogens is 427 g/mol. The van der Waals surface area contributed by atoms with Crippen LogP contribution < -0.4 is 10.1 Å². The topological polar surface area (TPSA) is 63.5 Å². The Labute approximate surface area is 191 Å². The van der Waals surface area contributed by atoms with Crippen LogP contribution in [0.4, 0.5) is 4.39 Å². The Morgan fingerprint density at radius 1 is 1.09 bits per heavy atom. The lowest BCUT2D eigenvalue weighted by atomic mass is 10.0. The van der Waals surface area contributed by atoms with E-state index in [9.17, 15) is 9.18 Å². The molecule has 0 unspecified atom stereocenters. The number of ether oxygens (including phenoxy) is 1. The van der Waals surface area contributed by atoms with Gasteiger partial charge in [0.2, 0.25) is 0 Å². The largest absolute Gasteiger partial charge is 0.481 e. The number of halogens is 1. The van der Waals surface area contributed by atoms with E-state index in [2.05, 4.69) is 40.7 Å². The minimum Gasteiger partial charge on any atom is -0.481 e. The van der Waals surface area contributed by atoms with Crippen LogP contribution in [0.1, 0.15) is 5.56 Å². The maximum atomic E-state index is 12.1. The fourth-order valence-electron chi connectivity index (χ4n) is 3.25. The molecule has 0 amide bonds. The first kappa shape index (κ1) is 23.4. The Balaban J connectivity index is 0.000000305. The van der Waals surface area contributed by atoms with Gasteiger partial charge in [0.05, 0.1) is 0 Å². The van der Waals surface area contributed by atoms with Gasteiger partial charge < -0.3 is 19.7 Å². The first-order valence-electron chi connectivity index (χ1n) is 9.99. The van der Waals surface area contributed by atoms with Crippen molar-refractivity contribution in [3.63, 3.8) is 0 Å². The van der Waals surface area contributed by atoms with Gasteiger partial charge in [-0.05, 0) is 72.1 Å². The standard InChI is InChI=1S/C19H20N2O3.C6H5FS/c1-20-11-13-3-6-18(24-12-19(22)23)16(9-13)15-5-4-14-7-8-21(2)17(14)10-15;7-5-1-3-6(8)4-2-5/h3-10,20H,11-12H2,1-2H3,(H,22,23);1-4,8H. The Hall–Kier alpha value is -3.29. The van der Waals surface area contributed by atoms with E-state index in [1.54, 1.807) is 12.1 Å². The zero-order chi connectivity index (χ0) is 23.1. The summed E-state index contributed by atoms with van der Waals surface area (Å²) in [5, 5.41) is 13.2. The minimum atomic E-state index is -0.988. The number of aliphatic carboxylic acids is 1. The molecule has 0 saturated heterocycles. The third-order valence-corrected chi connectivity index (χ3v) is 5.10. The molecule has 1 aromatic heterocycles. The van der Waals surface area contributed by atoms with Crippen molar-refractivity contribution in [2.45, 2.75) is 11.4 Å². The second kappa shape index (κ2) is 10.8. The van der Waals surface area contributed by atoms with E-state index in [0.29, 0.717) is 5.75 Å². The maximum Gasteiger partial charge on any atom is 0.341 e. The normalized spacial score (nSPS) is 10.5. The summed E-state index contributed by atoms with van der Waals surface area (Å²) in [5.74, 6) is -0.633. The second-order valence-electron chi connectivity index (χ2n) is 7.22. The third kappa shape index (κ3) is 6.12. The van der Waals surface area contributed by atoms with E-state index >= 15 is 0 Å². The van der Waals surface area contributed by atoms with Gasteiger partial charge >= 0.3 is 5.97 Å². The molecule has 1 heterocycles. The highest BCUT2D eigenvalue weighted by molar-refractivity contribution is 7.80. The van der Waals surface area contributed by atoms with E-state index in [4.69, 9.17) is 9.84 Å². The number of carbonyl (C=O) groups is 1. The van der Waals surface area contributed by atoms with Gasteiger partial charge in [-0.3, -0.25) is 0 Å². The van der Waals surface area contributed by atoms with Crippen LogP contribution >= 0.6 is 12.6 Å².